The smallest absolute Gasteiger partial charge is 0.138 e. The van der Waals surface area contributed by atoms with Crippen LogP contribution in [0.4, 0.5) is 0 Å². The molecule has 0 aliphatic heterocycles. The van der Waals surface area contributed by atoms with Gasteiger partial charge in [-0.1, -0.05) is 11.8 Å². The number of hydrogen-bond donors (Lipinski definition) is 0. The van der Waals surface area contributed by atoms with Crippen LogP contribution in [0.5, 0.6) is 23.0 Å². The lowest BCUT2D eigenvalue weighted by Gasteiger charge is -2.20. The number of hydrogen-bond acceptors (Lipinski definition) is 7. The van der Waals surface area contributed by atoms with Gasteiger partial charge in [-0.05, 0) is 64.5 Å². The molecule has 0 saturated carbocycles. The van der Waals surface area contributed by atoms with Crippen LogP contribution in [0.25, 0.3) is 0 Å². The lowest BCUT2D eigenvalue weighted by Crippen LogP contribution is -2.01. The number of ether oxygens (including phenoxy) is 4. The van der Waals surface area contributed by atoms with E-state index >= 15 is 0 Å². The maximum absolute atomic E-state index is 5.98. The summed E-state index contributed by atoms with van der Waals surface area (Å²) < 4.78 is 23.9. The minimum Gasteiger partial charge on any atom is -0.493 e. The fraction of sp³-hybridized carbons (Fsp3) is 0.455. The summed E-state index contributed by atoms with van der Waals surface area (Å²) in [4.78, 5) is 4.08. The molecule has 7 heteroatoms. The number of benzene rings is 2. The summed E-state index contributed by atoms with van der Waals surface area (Å²) in [5.41, 5.74) is 0. The fourth-order valence-corrected chi connectivity index (χ4v) is 4.67. The molecule has 0 N–H and O–H groups in total. The normalized spacial score (nSPS) is 10.7. The lowest BCUT2D eigenvalue weighted by atomic mass is 10.3. The standard InChI is InChI=1S/C22H30O4S3/c1-7-23-17-11-15(27-5)12-18(24-8-2)21(17)29-22-19(25-9-3)13-16(28-6)14-20(22)26-10-4/h11-14H,7-10H2,1-6H3. The van der Waals surface area contributed by atoms with Gasteiger partial charge in [-0.2, -0.15) is 0 Å². The first-order valence-electron chi connectivity index (χ1n) is 9.74. The van der Waals surface area contributed by atoms with Gasteiger partial charge in [0.2, 0.25) is 0 Å². The van der Waals surface area contributed by atoms with Gasteiger partial charge in [0, 0.05) is 9.79 Å². The van der Waals surface area contributed by atoms with E-state index in [4.69, 9.17) is 18.9 Å². The molecule has 0 aromatic heterocycles. The van der Waals surface area contributed by atoms with Crippen molar-refractivity contribution in [3.63, 3.8) is 0 Å². The summed E-state index contributed by atoms with van der Waals surface area (Å²) in [7, 11) is 0. The van der Waals surface area contributed by atoms with Crippen LogP contribution in [0.2, 0.25) is 0 Å². The zero-order valence-corrected chi connectivity index (χ0v) is 20.4. The van der Waals surface area contributed by atoms with Crippen LogP contribution in [-0.2, 0) is 0 Å². The molecule has 0 bridgehead atoms. The maximum atomic E-state index is 5.98. The Morgan fingerprint density at radius 2 is 0.828 bits per heavy atom. The predicted octanol–water partition coefficient (Wildman–Crippen LogP) is 6.88. The van der Waals surface area contributed by atoms with E-state index in [1.54, 1.807) is 35.3 Å². The Morgan fingerprint density at radius 3 is 1.03 bits per heavy atom. The molecule has 0 aliphatic rings. The molecule has 0 fully saturated rings. The maximum Gasteiger partial charge on any atom is 0.138 e. The van der Waals surface area contributed by atoms with E-state index in [0.29, 0.717) is 26.4 Å². The summed E-state index contributed by atoms with van der Waals surface area (Å²) >= 11 is 4.91. The summed E-state index contributed by atoms with van der Waals surface area (Å²) in [5.74, 6) is 3.25. The third kappa shape index (κ3) is 6.33. The second-order valence-electron chi connectivity index (χ2n) is 5.74. The zero-order valence-electron chi connectivity index (χ0n) is 18.0. The molecule has 2 aromatic carbocycles. The molecule has 0 heterocycles. The fourth-order valence-electron chi connectivity index (χ4n) is 2.70. The minimum atomic E-state index is 0.582. The van der Waals surface area contributed by atoms with E-state index in [2.05, 4.69) is 36.8 Å². The predicted molar refractivity (Wildman–Crippen MR) is 125 cm³/mol. The van der Waals surface area contributed by atoms with Crippen molar-refractivity contribution < 1.29 is 18.9 Å². The topological polar surface area (TPSA) is 36.9 Å². The van der Waals surface area contributed by atoms with Crippen molar-refractivity contribution in [1.29, 1.82) is 0 Å². The monoisotopic (exact) mass is 454 g/mol. The van der Waals surface area contributed by atoms with Crippen LogP contribution >= 0.6 is 35.3 Å². The summed E-state index contributed by atoms with van der Waals surface area (Å²) in [5, 5.41) is 0. The Labute approximate surface area is 187 Å². The summed E-state index contributed by atoms with van der Waals surface area (Å²) in [6, 6.07) is 8.26. The molecule has 0 saturated heterocycles. The van der Waals surface area contributed by atoms with E-state index < -0.39 is 0 Å². The van der Waals surface area contributed by atoms with E-state index in [9.17, 15) is 0 Å². The summed E-state index contributed by atoms with van der Waals surface area (Å²) in [6.07, 6.45) is 4.10. The van der Waals surface area contributed by atoms with Crippen LogP contribution in [0.1, 0.15) is 27.7 Å². The third-order valence-electron chi connectivity index (χ3n) is 3.86. The highest BCUT2D eigenvalue weighted by atomic mass is 32.2. The average Bonchev–Trinajstić information content (AvgIpc) is 2.72. The lowest BCUT2D eigenvalue weighted by molar-refractivity contribution is 0.304. The average molecular weight is 455 g/mol. The van der Waals surface area contributed by atoms with Crippen LogP contribution in [0.15, 0.2) is 43.8 Å². The first-order valence-corrected chi connectivity index (χ1v) is 13.0. The quantitative estimate of drug-likeness (QED) is 0.324. The first kappa shape index (κ1) is 24.0. The molecule has 0 aliphatic carbocycles. The SMILES string of the molecule is CCOc1cc(SC)cc(OCC)c1Sc1c(OCC)cc(SC)cc1OCC. The molecular formula is C22H30O4S3. The zero-order chi connectivity index (χ0) is 21.2. The molecule has 2 rings (SSSR count). The van der Waals surface area contributed by atoms with Gasteiger partial charge in [0.1, 0.15) is 23.0 Å². The first-order chi connectivity index (χ1) is 14.1. The molecule has 0 spiro atoms. The van der Waals surface area contributed by atoms with Crippen molar-refractivity contribution in [1.82, 2.24) is 0 Å². The van der Waals surface area contributed by atoms with Gasteiger partial charge < -0.3 is 18.9 Å². The number of thioether (sulfide) groups is 2. The minimum absolute atomic E-state index is 0.582. The van der Waals surface area contributed by atoms with Gasteiger partial charge in [0.05, 0.1) is 36.2 Å². The largest absolute Gasteiger partial charge is 0.493 e. The molecule has 0 amide bonds. The van der Waals surface area contributed by atoms with Crippen molar-refractivity contribution in [3.05, 3.63) is 24.3 Å². The van der Waals surface area contributed by atoms with Gasteiger partial charge in [0.15, 0.2) is 0 Å². The van der Waals surface area contributed by atoms with E-state index in [1.807, 2.05) is 27.7 Å². The highest BCUT2D eigenvalue weighted by Crippen LogP contribution is 2.50. The van der Waals surface area contributed by atoms with Crippen LogP contribution in [0.3, 0.4) is 0 Å². The van der Waals surface area contributed by atoms with Gasteiger partial charge in [-0.15, -0.1) is 23.5 Å². The molecular weight excluding hydrogens is 424 g/mol. The van der Waals surface area contributed by atoms with Gasteiger partial charge >= 0.3 is 0 Å². The number of rotatable bonds is 12. The molecule has 0 unspecified atom stereocenters. The Kier molecular flexibility index (Phi) is 10.2. The molecule has 0 atom stereocenters. The molecule has 0 radical (unpaired) electrons. The van der Waals surface area contributed by atoms with Gasteiger partial charge in [-0.25, -0.2) is 0 Å². The Hall–Kier alpha value is -1.31. The van der Waals surface area contributed by atoms with Crippen molar-refractivity contribution in [2.45, 2.75) is 47.3 Å². The van der Waals surface area contributed by atoms with E-state index in [-0.39, 0.29) is 0 Å². The van der Waals surface area contributed by atoms with Crippen molar-refractivity contribution in [2.24, 2.45) is 0 Å². The van der Waals surface area contributed by atoms with Crippen molar-refractivity contribution in [2.75, 3.05) is 38.9 Å². The van der Waals surface area contributed by atoms with Crippen LogP contribution < -0.4 is 18.9 Å². The second kappa shape index (κ2) is 12.4. The van der Waals surface area contributed by atoms with E-state index in [0.717, 1.165) is 42.6 Å². The molecule has 160 valence electrons. The molecule has 29 heavy (non-hydrogen) atoms. The highest BCUT2D eigenvalue weighted by molar-refractivity contribution is 8.00. The van der Waals surface area contributed by atoms with Gasteiger partial charge in [-0.3, -0.25) is 0 Å². The van der Waals surface area contributed by atoms with Crippen LogP contribution in [0, 0.1) is 0 Å². The van der Waals surface area contributed by atoms with Crippen molar-refractivity contribution >= 4 is 35.3 Å². The Morgan fingerprint density at radius 1 is 0.552 bits per heavy atom. The Bertz CT molecular complexity index is 676. The second-order valence-corrected chi connectivity index (χ2v) is 8.52. The van der Waals surface area contributed by atoms with E-state index in [1.165, 1.54) is 0 Å². The molecule has 2 aromatic rings. The summed E-state index contributed by atoms with van der Waals surface area (Å²) in [6.45, 7) is 10.3. The highest BCUT2D eigenvalue weighted by Gasteiger charge is 2.21. The van der Waals surface area contributed by atoms with Crippen molar-refractivity contribution in [3.8, 4) is 23.0 Å². The molecule has 4 nitrogen and oxygen atoms in total. The van der Waals surface area contributed by atoms with Crippen LogP contribution in [-0.4, -0.2) is 38.9 Å². The third-order valence-corrected chi connectivity index (χ3v) is 6.49. The Balaban J connectivity index is 2.64. The van der Waals surface area contributed by atoms with Gasteiger partial charge in [0.25, 0.3) is 0 Å².